The molecule has 0 aliphatic heterocycles. The second kappa shape index (κ2) is 8.74. The van der Waals surface area contributed by atoms with Crippen LogP contribution >= 0.6 is 0 Å². The lowest BCUT2D eigenvalue weighted by molar-refractivity contribution is -0.137. The van der Waals surface area contributed by atoms with Crippen molar-refractivity contribution in [1.29, 1.82) is 0 Å². The Labute approximate surface area is 182 Å². The van der Waals surface area contributed by atoms with Crippen molar-refractivity contribution in [3.63, 3.8) is 0 Å². The predicted molar refractivity (Wildman–Crippen MR) is 118 cm³/mol. The van der Waals surface area contributed by atoms with Crippen LogP contribution in [0, 0.1) is 0 Å². The minimum atomic E-state index is -4.53. The van der Waals surface area contributed by atoms with E-state index in [1.165, 1.54) is 10.6 Å². The summed E-state index contributed by atoms with van der Waals surface area (Å²) in [4.78, 5) is 16.8. The van der Waals surface area contributed by atoms with E-state index < -0.39 is 17.4 Å². The Morgan fingerprint density at radius 2 is 1.78 bits per heavy atom. The van der Waals surface area contributed by atoms with Gasteiger partial charge < -0.3 is 10.1 Å². The molecule has 1 heterocycles. The number of nitrogens with one attached hydrogen (secondary N) is 1. The first-order valence-electron chi connectivity index (χ1n) is 9.96. The average molecular weight is 439 g/mol. The number of benzene rings is 3. The number of anilines is 1. The molecule has 3 aromatic carbocycles. The Hall–Kier alpha value is -3.81. The molecule has 0 saturated heterocycles. The molecule has 4 rings (SSSR count). The third-order valence-corrected chi connectivity index (χ3v) is 5.03. The summed E-state index contributed by atoms with van der Waals surface area (Å²) in [5.74, 6) is 0.972. The van der Waals surface area contributed by atoms with Gasteiger partial charge in [-0.25, -0.2) is 4.79 Å². The highest BCUT2D eigenvalue weighted by molar-refractivity contribution is 5.90. The van der Waals surface area contributed by atoms with Gasteiger partial charge in [-0.2, -0.15) is 18.2 Å². The van der Waals surface area contributed by atoms with E-state index in [2.05, 4.69) is 10.3 Å². The fourth-order valence-corrected chi connectivity index (χ4v) is 3.50. The van der Waals surface area contributed by atoms with E-state index in [1.807, 2.05) is 36.4 Å². The van der Waals surface area contributed by atoms with Gasteiger partial charge in [0.1, 0.15) is 11.6 Å². The molecule has 1 aromatic heterocycles. The minimum absolute atomic E-state index is 0.127. The van der Waals surface area contributed by atoms with E-state index in [-0.39, 0.29) is 11.3 Å². The second-order valence-electron chi connectivity index (χ2n) is 7.14. The molecule has 0 atom stereocenters. The number of ether oxygens (including phenoxy) is 1. The summed E-state index contributed by atoms with van der Waals surface area (Å²) in [5.41, 5.74) is -0.0608. The Bertz CT molecular complexity index is 1300. The van der Waals surface area contributed by atoms with Gasteiger partial charge in [-0.05, 0) is 48.0 Å². The number of hydrogen-bond acceptors (Lipinski definition) is 4. The average Bonchev–Trinajstić information content (AvgIpc) is 2.78. The van der Waals surface area contributed by atoms with Crippen LogP contribution in [0.15, 0.2) is 77.6 Å². The van der Waals surface area contributed by atoms with Crippen LogP contribution in [0.1, 0.15) is 11.1 Å². The lowest BCUT2D eigenvalue weighted by Crippen LogP contribution is -2.23. The summed E-state index contributed by atoms with van der Waals surface area (Å²) in [5, 5.41) is 3.20. The fraction of sp³-hybridized carbons (Fsp3) is 0.167. The summed E-state index contributed by atoms with van der Waals surface area (Å²) in [6.07, 6.45) is -3.97. The number of nitrogens with zero attached hydrogens (tertiary/aromatic N) is 2. The number of para-hydroxylation sites is 1. The third kappa shape index (κ3) is 4.44. The first kappa shape index (κ1) is 21.4. The number of rotatable bonds is 6. The second-order valence-corrected chi connectivity index (χ2v) is 7.14. The molecule has 0 aliphatic rings. The smallest absolute Gasteiger partial charge is 0.416 e. The van der Waals surface area contributed by atoms with Crippen molar-refractivity contribution in [2.24, 2.45) is 0 Å². The van der Waals surface area contributed by atoms with Crippen LogP contribution in [0.3, 0.4) is 0 Å². The van der Waals surface area contributed by atoms with Gasteiger partial charge in [0.2, 0.25) is 0 Å². The SMILES string of the molecule is CNc1nc(=O)n(-c2cccc(CCOc3ccccc3)c2)c2cc(C(F)(F)F)ccc12. The van der Waals surface area contributed by atoms with Crippen LogP contribution in [0.25, 0.3) is 16.6 Å². The molecule has 0 aliphatic carbocycles. The minimum Gasteiger partial charge on any atom is -0.493 e. The van der Waals surface area contributed by atoms with Gasteiger partial charge in [0.15, 0.2) is 0 Å². The van der Waals surface area contributed by atoms with Crippen molar-refractivity contribution in [1.82, 2.24) is 9.55 Å². The van der Waals surface area contributed by atoms with Gasteiger partial charge in [0.25, 0.3) is 0 Å². The van der Waals surface area contributed by atoms with E-state index in [4.69, 9.17) is 4.74 Å². The van der Waals surface area contributed by atoms with Crippen molar-refractivity contribution in [2.45, 2.75) is 12.6 Å². The molecule has 0 fully saturated rings. The van der Waals surface area contributed by atoms with Crippen molar-refractivity contribution in [3.05, 3.63) is 94.4 Å². The van der Waals surface area contributed by atoms with Gasteiger partial charge in [-0.1, -0.05) is 30.3 Å². The van der Waals surface area contributed by atoms with Crippen molar-refractivity contribution in [2.75, 3.05) is 19.0 Å². The standard InChI is InChI=1S/C24H20F3N3O2/c1-28-22-20-11-10-17(24(25,26)27)15-21(20)30(23(31)29-22)18-7-5-6-16(14-18)12-13-32-19-8-3-2-4-9-19/h2-11,14-15H,12-13H2,1H3,(H,28,29,31). The molecule has 32 heavy (non-hydrogen) atoms. The zero-order chi connectivity index (χ0) is 22.7. The molecule has 4 aromatic rings. The van der Waals surface area contributed by atoms with Gasteiger partial charge >= 0.3 is 11.9 Å². The lowest BCUT2D eigenvalue weighted by atomic mass is 10.1. The molecule has 164 valence electrons. The summed E-state index contributed by atoms with van der Waals surface area (Å²) in [6.45, 7) is 0.415. The van der Waals surface area contributed by atoms with E-state index >= 15 is 0 Å². The zero-order valence-corrected chi connectivity index (χ0v) is 17.2. The number of fused-ring (bicyclic) bond motifs is 1. The number of hydrogen-bond donors (Lipinski definition) is 1. The van der Waals surface area contributed by atoms with Crippen molar-refractivity contribution >= 4 is 16.7 Å². The number of aromatic nitrogens is 2. The molecule has 0 radical (unpaired) electrons. The molecule has 0 bridgehead atoms. The number of halogens is 3. The monoisotopic (exact) mass is 439 g/mol. The van der Waals surface area contributed by atoms with Crippen LogP contribution in [-0.2, 0) is 12.6 Å². The van der Waals surface area contributed by atoms with Crippen LogP contribution in [-0.4, -0.2) is 23.2 Å². The predicted octanol–water partition coefficient (Wildman–Crippen LogP) is 5.07. The van der Waals surface area contributed by atoms with E-state index in [0.717, 1.165) is 23.4 Å². The Morgan fingerprint density at radius 1 is 1.00 bits per heavy atom. The maximum atomic E-state index is 13.3. The Balaban J connectivity index is 1.73. The Morgan fingerprint density at radius 3 is 2.50 bits per heavy atom. The first-order valence-corrected chi connectivity index (χ1v) is 9.96. The molecule has 5 nitrogen and oxygen atoms in total. The molecule has 0 unspecified atom stereocenters. The summed E-state index contributed by atoms with van der Waals surface area (Å²) >= 11 is 0. The highest BCUT2D eigenvalue weighted by Crippen LogP contribution is 2.33. The fourth-order valence-electron chi connectivity index (χ4n) is 3.50. The van der Waals surface area contributed by atoms with Crippen LogP contribution in [0.4, 0.5) is 19.0 Å². The zero-order valence-electron chi connectivity index (χ0n) is 17.2. The summed E-state index contributed by atoms with van der Waals surface area (Å²) in [6, 6.07) is 19.7. The van der Waals surface area contributed by atoms with Gasteiger partial charge in [-0.3, -0.25) is 4.57 Å². The Kier molecular flexibility index (Phi) is 5.85. The van der Waals surface area contributed by atoms with Crippen molar-refractivity contribution in [3.8, 4) is 11.4 Å². The van der Waals surface area contributed by atoms with Crippen LogP contribution < -0.4 is 15.7 Å². The largest absolute Gasteiger partial charge is 0.493 e. The molecule has 0 amide bonds. The summed E-state index contributed by atoms with van der Waals surface area (Å²) in [7, 11) is 1.57. The summed E-state index contributed by atoms with van der Waals surface area (Å²) < 4.78 is 47.0. The lowest BCUT2D eigenvalue weighted by Gasteiger charge is -2.15. The highest BCUT2D eigenvalue weighted by atomic mass is 19.4. The van der Waals surface area contributed by atoms with E-state index in [1.54, 1.807) is 25.2 Å². The van der Waals surface area contributed by atoms with Gasteiger partial charge in [0.05, 0.1) is 23.4 Å². The number of alkyl halides is 3. The maximum Gasteiger partial charge on any atom is 0.416 e. The maximum absolute atomic E-state index is 13.3. The van der Waals surface area contributed by atoms with Crippen molar-refractivity contribution < 1.29 is 17.9 Å². The topological polar surface area (TPSA) is 56.2 Å². The van der Waals surface area contributed by atoms with Gasteiger partial charge in [0, 0.05) is 18.9 Å². The van der Waals surface area contributed by atoms with Gasteiger partial charge in [-0.15, -0.1) is 0 Å². The quantitative estimate of drug-likeness (QED) is 0.456. The first-order chi connectivity index (χ1) is 15.4. The molecule has 1 N–H and O–H groups in total. The van der Waals surface area contributed by atoms with Crippen LogP contribution in [0.5, 0.6) is 5.75 Å². The highest BCUT2D eigenvalue weighted by Gasteiger charge is 2.31. The molecule has 8 heteroatoms. The molecular formula is C24H20F3N3O2. The normalized spacial score (nSPS) is 11.5. The van der Waals surface area contributed by atoms with E-state index in [0.29, 0.717) is 24.1 Å². The van der Waals surface area contributed by atoms with E-state index in [9.17, 15) is 18.0 Å². The molecule has 0 spiro atoms. The third-order valence-electron chi connectivity index (χ3n) is 5.03. The van der Waals surface area contributed by atoms with Crippen LogP contribution in [0.2, 0.25) is 0 Å². The molecule has 0 saturated carbocycles. The molecular weight excluding hydrogens is 419 g/mol.